The van der Waals surface area contributed by atoms with E-state index in [0.717, 1.165) is 25.9 Å². The quantitative estimate of drug-likeness (QED) is 0.697. The second kappa shape index (κ2) is 3.48. The third kappa shape index (κ3) is 1.78. The van der Waals surface area contributed by atoms with Gasteiger partial charge in [0, 0.05) is 31.1 Å². The predicted molar refractivity (Wildman–Crippen MR) is 58.4 cm³/mol. The van der Waals surface area contributed by atoms with Crippen LogP contribution in [0.25, 0.3) is 0 Å². The summed E-state index contributed by atoms with van der Waals surface area (Å²) in [6.07, 6.45) is 4.85. The van der Waals surface area contributed by atoms with Crippen LogP contribution in [0.1, 0.15) is 32.6 Å². The molecule has 1 saturated carbocycles. The summed E-state index contributed by atoms with van der Waals surface area (Å²) in [6, 6.07) is 1.26. The topological polar surface area (TPSA) is 32.3 Å². The molecule has 3 fully saturated rings. The molecular formula is C12H20N2O. The summed E-state index contributed by atoms with van der Waals surface area (Å²) in [7, 11) is 0. The molecule has 3 aliphatic rings. The molecule has 0 aromatic carbocycles. The Labute approximate surface area is 91.2 Å². The van der Waals surface area contributed by atoms with Crippen LogP contribution in [0, 0.1) is 11.8 Å². The van der Waals surface area contributed by atoms with Crippen LogP contribution >= 0.6 is 0 Å². The molecule has 2 saturated heterocycles. The Kier molecular flexibility index (Phi) is 2.23. The van der Waals surface area contributed by atoms with E-state index < -0.39 is 0 Å². The third-order valence-electron chi connectivity index (χ3n) is 4.26. The van der Waals surface area contributed by atoms with E-state index in [0.29, 0.717) is 29.8 Å². The van der Waals surface area contributed by atoms with Crippen LogP contribution in [0.15, 0.2) is 0 Å². The van der Waals surface area contributed by atoms with Crippen LogP contribution in [0.4, 0.5) is 0 Å². The molecule has 2 aliphatic heterocycles. The molecular weight excluding hydrogens is 188 g/mol. The molecule has 3 rings (SSSR count). The van der Waals surface area contributed by atoms with E-state index in [1.54, 1.807) is 0 Å². The van der Waals surface area contributed by atoms with Crippen LogP contribution in [0.5, 0.6) is 0 Å². The number of carbonyl (C=O) groups is 1. The van der Waals surface area contributed by atoms with E-state index in [9.17, 15) is 4.79 Å². The highest BCUT2D eigenvalue weighted by Gasteiger charge is 2.43. The van der Waals surface area contributed by atoms with Gasteiger partial charge in [-0.05, 0) is 31.6 Å². The molecule has 1 N–H and O–H groups in total. The third-order valence-corrected chi connectivity index (χ3v) is 4.26. The van der Waals surface area contributed by atoms with Crippen molar-refractivity contribution < 1.29 is 4.79 Å². The number of rotatable bonds is 1. The van der Waals surface area contributed by atoms with Crippen molar-refractivity contribution in [2.24, 2.45) is 11.8 Å². The molecule has 1 aliphatic carbocycles. The fourth-order valence-corrected chi connectivity index (χ4v) is 3.04. The second-order valence-corrected chi connectivity index (χ2v) is 5.53. The van der Waals surface area contributed by atoms with Gasteiger partial charge in [-0.3, -0.25) is 4.79 Å². The largest absolute Gasteiger partial charge is 0.341 e. The maximum Gasteiger partial charge on any atom is 0.226 e. The van der Waals surface area contributed by atoms with Crippen LogP contribution in [0.2, 0.25) is 0 Å². The number of likely N-dealkylation sites (tertiary alicyclic amines) is 1. The zero-order chi connectivity index (χ0) is 10.4. The number of nitrogens with one attached hydrogen (secondary N) is 1. The maximum absolute atomic E-state index is 12.1. The summed E-state index contributed by atoms with van der Waals surface area (Å²) >= 11 is 0. The van der Waals surface area contributed by atoms with E-state index in [1.807, 2.05) is 0 Å². The first-order chi connectivity index (χ1) is 7.24. The van der Waals surface area contributed by atoms with E-state index in [4.69, 9.17) is 0 Å². The zero-order valence-corrected chi connectivity index (χ0v) is 9.41. The molecule has 84 valence electrons. The van der Waals surface area contributed by atoms with Crippen LogP contribution in [0.3, 0.4) is 0 Å². The van der Waals surface area contributed by atoms with Gasteiger partial charge in [-0.15, -0.1) is 0 Å². The van der Waals surface area contributed by atoms with Gasteiger partial charge in [-0.25, -0.2) is 0 Å². The van der Waals surface area contributed by atoms with Gasteiger partial charge < -0.3 is 10.2 Å². The average molecular weight is 208 g/mol. The predicted octanol–water partition coefficient (Wildman–Crippen LogP) is 0.995. The number of carbonyl (C=O) groups excluding carboxylic acids is 1. The lowest BCUT2D eigenvalue weighted by Crippen LogP contribution is -2.40. The number of nitrogens with zero attached hydrogens (tertiary/aromatic N) is 1. The zero-order valence-electron chi connectivity index (χ0n) is 9.41. The van der Waals surface area contributed by atoms with Crippen molar-refractivity contribution in [2.45, 2.75) is 44.7 Å². The molecule has 0 aromatic rings. The van der Waals surface area contributed by atoms with Crippen molar-refractivity contribution in [1.82, 2.24) is 10.2 Å². The van der Waals surface area contributed by atoms with Crippen molar-refractivity contribution in [3.05, 3.63) is 0 Å². The van der Waals surface area contributed by atoms with Crippen molar-refractivity contribution in [2.75, 3.05) is 13.1 Å². The lowest BCUT2D eigenvalue weighted by molar-refractivity contribution is -0.133. The van der Waals surface area contributed by atoms with Crippen LogP contribution < -0.4 is 5.32 Å². The minimum atomic E-state index is 0.363. The number of amides is 1. The first-order valence-corrected chi connectivity index (χ1v) is 6.29. The van der Waals surface area contributed by atoms with Gasteiger partial charge in [0.1, 0.15) is 0 Å². The summed E-state index contributed by atoms with van der Waals surface area (Å²) in [5.74, 6) is 1.43. The maximum atomic E-state index is 12.1. The Bertz CT molecular complexity index is 279. The Morgan fingerprint density at radius 3 is 2.73 bits per heavy atom. The monoisotopic (exact) mass is 208 g/mol. The number of fused-ring (bicyclic) bond motifs is 2. The molecule has 15 heavy (non-hydrogen) atoms. The Balaban J connectivity index is 1.64. The molecule has 2 bridgehead atoms. The molecule has 0 aromatic heterocycles. The first kappa shape index (κ1) is 9.64. The van der Waals surface area contributed by atoms with E-state index in [-0.39, 0.29) is 0 Å². The summed E-state index contributed by atoms with van der Waals surface area (Å²) in [5.41, 5.74) is 0. The first-order valence-electron chi connectivity index (χ1n) is 6.29. The smallest absolute Gasteiger partial charge is 0.226 e. The number of hydrogen-bond acceptors (Lipinski definition) is 2. The lowest BCUT2D eigenvalue weighted by atomic mass is 10.1. The Morgan fingerprint density at radius 2 is 2.00 bits per heavy atom. The molecule has 4 unspecified atom stereocenters. The average Bonchev–Trinajstić information content (AvgIpc) is 2.81. The minimum absolute atomic E-state index is 0.363. The van der Waals surface area contributed by atoms with Crippen molar-refractivity contribution in [3.63, 3.8) is 0 Å². The molecule has 0 radical (unpaired) electrons. The molecule has 2 heterocycles. The van der Waals surface area contributed by atoms with Gasteiger partial charge in [0.15, 0.2) is 0 Å². The normalized spacial score (nSPS) is 43.9. The fourth-order valence-electron chi connectivity index (χ4n) is 3.04. The van der Waals surface area contributed by atoms with Crippen molar-refractivity contribution >= 4 is 5.91 Å². The van der Waals surface area contributed by atoms with E-state index in [2.05, 4.69) is 17.1 Å². The van der Waals surface area contributed by atoms with Gasteiger partial charge in [-0.1, -0.05) is 6.92 Å². The summed E-state index contributed by atoms with van der Waals surface area (Å²) in [5, 5.41) is 3.61. The van der Waals surface area contributed by atoms with Gasteiger partial charge in [-0.2, -0.15) is 0 Å². The second-order valence-electron chi connectivity index (χ2n) is 5.53. The van der Waals surface area contributed by atoms with Crippen LogP contribution in [-0.2, 0) is 4.79 Å². The summed E-state index contributed by atoms with van der Waals surface area (Å²) in [6.45, 7) is 4.12. The highest BCUT2D eigenvalue weighted by Crippen LogP contribution is 2.39. The van der Waals surface area contributed by atoms with Gasteiger partial charge >= 0.3 is 0 Å². The van der Waals surface area contributed by atoms with Crippen molar-refractivity contribution in [3.8, 4) is 0 Å². The fraction of sp³-hybridized carbons (Fsp3) is 0.917. The minimum Gasteiger partial charge on any atom is -0.341 e. The number of hydrogen-bond donors (Lipinski definition) is 1. The Hall–Kier alpha value is -0.570. The summed E-state index contributed by atoms with van der Waals surface area (Å²) in [4.78, 5) is 14.2. The highest BCUT2D eigenvalue weighted by atomic mass is 16.2. The van der Waals surface area contributed by atoms with Gasteiger partial charge in [0.25, 0.3) is 0 Å². The van der Waals surface area contributed by atoms with E-state index in [1.165, 1.54) is 12.8 Å². The highest BCUT2D eigenvalue weighted by molar-refractivity contribution is 5.81. The van der Waals surface area contributed by atoms with Crippen LogP contribution in [-0.4, -0.2) is 36.0 Å². The van der Waals surface area contributed by atoms with E-state index >= 15 is 0 Å². The molecule has 1 amide bonds. The molecule has 4 atom stereocenters. The van der Waals surface area contributed by atoms with Gasteiger partial charge in [0.2, 0.25) is 5.91 Å². The molecule has 0 spiro atoms. The standard InChI is InChI=1S/C12H20N2O/c1-8-6-11(8)12(15)14-5-4-9-2-3-10(7-14)13-9/h8-11,13H,2-7H2,1H3. The van der Waals surface area contributed by atoms with Crippen molar-refractivity contribution in [1.29, 1.82) is 0 Å². The lowest BCUT2D eigenvalue weighted by Gasteiger charge is -2.24. The van der Waals surface area contributed by atoms with Gasteiger partial charge in [0.05, 0.1) is 0 Å². The SMILES string of the molecule is CC1CC1C(=O)N1CCC2CCC(C1)N2. The summed E-state index contributed by atoms with van der Waals surface area (Å²) < 4.78 is 0. The molecule has 3 nitrogen and oxygen atoms in total. The Morgan fingerprint density at radius 1 is 1.27 bits per heavy atom. The molecule has 3 heteroatoms.